The minimum atomic E-state index is -0.574. The van der Waals surface area contributed by atoms with Crippen LogP contribution in [-0.2, 0) is 4.74 Å². The molecule has 24 heavy (non-hydrogen) atoms. The monoisotopic (exact) mass is 349 g/mol. The van der Waals surface area contributed by atoms with Crippen molar-refractivity contribution in [2.45, 2.75) is 6.10 Å². The zero-order valence-electron chi connectivity index (χ0n) is 12.9. The van der Waals surface area contributed by atoms with Crippen LogP contribution in [0.1, 0.15) is 0 Å². The highest BCUT2D eigenvalue weighted by Crippen LogP contribution is 2.50. The van der Waals surface area contributed by atoms with Gasteiger partial charge >= 0.3 is 0 Å². The fraction of sp³-hybridized carbons (Fsp3) is 0.294. The first kappa shape index (κ1) is 15.7. The minimum Gasteiger partial charge on any atom is -0.374 e. The maximum absolute atomic E-state index is 14.2. The second kappa shape index (κ2) is 6.58. The van der Waals surface area contributed by atoms with Crippen LogP contribution in [0, 0.1) is 11.6 Å². The Morgan fingerprint density at radius 1 is 1.08 bits per heavy atom. The van der Waals surface area contributed by atoms with E-state index in [1.807, 2.05) is 28.6 Å². The highest BCUT2D eigenvalue weighted by atomic mass is 32.2. The lowest BCUT2D eigenvalue weighted by molar-refractivity contribution is 0.0356. The van der Waals surface area contributed by atoms with Crippen molar-refractivity contribution in [2.75, 3.05) is 34.9 Å². The maximum atomic E-state index is 14.2. The van der Waals surface area contributed by atoms with E-state index in [4.69, 9.17) is 4.74 Å². The van der Waals surface area contributed by atoms with Gasteiger partial charge in [0.2, 0.25) is 0 Å². The zero-order chi connectivity index (χ0) is 16.5. The summed E-state index contributed by atoms with van der Waals surface area (Å²) in [5.74, 6) is -1.15. The van der Waals surface area contributed by atoms with Crippen LogP contribution in [0.25, 0.3) is 0 Å². The lowest BCUT2D eigenvalue weighted by atomic mass is 10.2. The largest absolute Gasteiger partial charge is 0.374 e. The number of hydrogen-bond acceptors (Lipinski definition) is 5. The van der Waals surface area contributed by atoms with Crippen LogP contribution in [0.5, 0.6) is 0 Å². The van der Waals surface area contributed by atoms with Crippen molar-refractivity contribution in [3.8, 4) is 0 Å². The van der Waals surface area contributed by atoms with Gasteiger partial charge in [0.1, 0.15) is 5.69 Å². The highest BCUT2D eigenvalue weighted by molar-refractivity contribution is 8.02. The molecule has 0 spiro atoms. The first-order chi connectivity index (χ1) is 11.7. The molecule has 1 N–H and O–H groups in total. The topological polar surface area (TPSA) is 27.7 Å². The van der Waals surface area contributed by atoms with Crippen LogP contribution in [0.15, 0.2) is 42.5 Å². The van der Waals surface area contributed by atoms with Crippen LogP contribution < -0.4 is 13.9 Å². The van der Waals surface area contributed by atoms with Gasteiger partial charge in [0, 0.05) is 13.1 Å². The number of para-hydroxylation sites is 3. The summed E-state index contributed by atoms with van der Waals surface area (Å²) in [4.78, 5) is 0. The average molecular weight is 349 g/mol. The van der Waals surface area contributed by atoms with Crippen molar-refractivity contribution in [3.05, 3.63) is 54.1 Å². The first-order valence-electron chi connectivity index (χ1n) is 7.85. The molecule has 7 heteroatoms. The molecule has 1 unspecified atom stereocenters. The Balaban J connectivity index is 1.66. The van der Waals surface area contributed by atoms with Gasteiger partial charge in [-0.25, -0.2) is 8.78 Å². The van der Waals surface area contributed by atoms with Gasteiger partial charge in [-0.15, -0.1) is 0 Å². The molecule has 0 radical (unpaired) electrons. The van der Waals surface area contributed by atoms with Gasteiger partial charge in [-0.2, -0.15) is 0 Å². The predicted molar refractivity (Wildman–Crippen MR) is 92.5 cm³/mol. The quantitative estimate of drug-likeness (QED) is 0.857. The Hall–Kier alpha value is -1.83. The number of hydrogen-bond donors (Lipinski definition) is 1. The number of nitrogens with zero attached hydrogens (tertiary/aromatic N) is 2. The molecule has 0 aliphatic carbocycles. The number of rotatable bonds is 3. The maximum Gasteiger partial charge on any atom is 0.150 e. The molecule has 1 atom stereocenters. The van der Waals surface area contributed by atoms with Crippen LogP contribution in [0.2, 0.25) is 0 Å². The molecule has 0 saturated carbocycles. The van der Waals surface area contributed by atoms with Crippen molar-refractivity contribution in [3.63, 3.8) is 0 Å². The highest BCUT2D eigenvalue weighted by Gasteiger charge is 2.33. The number of morpholine rings is 1. The molecule has 4 nitrogen and oxygen atoms in total. The van der Waals surface area contributed by atoms with Crippen molar-refractivity contribution >= 4 is 29.2 Å². The second-order valence-corrected chi connectivity index (χ2v) is 6.66. The van der Waals surface area contributed by atoms with Crippen LogP contribution in [0.4, 0.5) is 25.8 Å². The summed E-state index contributed by atoms with van der Waals surface area (Å²) in [5, 5.41) is 3.30. The summed E-state index contributed by atoms with van der Waals surface area (Å²) in [6.07, 6.45) is 0.0460. The van der Waals surface area contributed by atoms with E-state index in [0.717, 1.165) is 24.5 Å². The van der Waals surface area contributed by atoms with Crippen molar-refractivity contribution < 1.29 is 13.5 Å². The smallest absolute Gasteiger partial charge is 0.150 e. The third-order valence-corrected chi connectivity index (χ3v) is 5.15. The second-order valence-electron chi connectivity index (χ2n) is 5.69. The van der Waals surface area contributed by atoms with E-state index in [-0.39, 0.29) is 11.8 Å². The normalized spacial score (nSPS) is 20.3. The Bertz CT molecular complexity index is 719. The van der Waals surface area contributed by atoms with Gasteiger partial charge in [-0.3, -0.25) is 8.61 Å². The number of nitrogens with one attached hydrogen (secondary N) is 1. The van der Waals surface area contributed by atoms with Gasteiger partial charge in [-0.05, 0) is 24.3 Å². The van der Waals surface area contributed by atoms with E-state index in [2.05, 4.69) is 5.32 Å². The van der Waals surface area contributed by atoms with Gasteiger partial charge in [0.05, 0.1) is 42.8 Å². The van der Waals surface area contributed by atoms with E-state index in [0.29, 0.717) is 13.2 Å². The standard InChI is InChI=1S/C17H17F2N3OS/c18-13-4-3-5-14(19)17(13)22-16-7-2-1-6-15(16)21(24-22)11-12-10-20-8-9-23-12/h1-7,12,20H,8-11H2. The van der Waals surface area contributed by atoms with Crippen molar-refractivity contribution in [2.24, 2.45) is 0 Å². The molecule has 0 amide bonds. The lowest BCUT2D eigenvalue weighted by Gasteiger charge is -2.28. The zero-order valence-corrected chi connectivity index (χ0v) is 13.7. The van der Waals surface area contributed by atoms with Gasteiger partial charge in [0.15, 0.2) is 11.6 Å². The average Bonchev–Trinajstić information content (AvgIpc) is 2.94. The van der Waals surface area contributed by atoms with Gasteiger partial charge in [0.25, 0.3) is 0 Å². The minimum absolute atomic E-state index is 0.0415. The molecule has 2 aromatic rings. The molecule has 2 aliphatic rings. The molecule has 1 saturated heterocycles. The first-order valence-corrected chi connectivity index (χ1v) is 8.58. The number of anilines is 3. The van der Waals surface area contributed by atoms with Gasteiger partial charge in [-0.1, -0.05) is 18.2 Å². The summed E-state index contributed by atoms with van der Waals surface area (Å²) >= 11 is 1.29. The predicted octanol–water partition coefficient (Wildman–Crippen LogP) is 3.47. The van der Waals surface area contributed by atoms with Crippen LogP contribution in [0.3, 0.4) is 0 Å². The van der Waals surface area contributed by atoms with Crippen LogP contribution in [-0.4, -0.2) is 32.3 Å². The number of benzene rings is 2. The Labute approximate surface area is 143 Å². The summed E-state index contributed by atoms with van der Waals surface area (Å²) < 4.78 is 37.9. The molecular formula is C17H17F2N3OS. The Kier molecular flexibility index (Phi) is 4.30. The van der Waals surface area contributed by atoms with E-state index in [9.17, 15) is 8.78 Å². The molecule has 2 aliphatic heterocycles. The SMILES string of the molecule is Fc1cccc(F)c1N1SN(CC2CNCCO2)c2ccccc21. The van der Waals surface area contributed by atoms with E-state index >= 15 is 0 Å². The van der Waals surface area contributed by atoms with Crippen molar-refractivity contribution in [1.29, 1.82) is 0 Å². The number of fused-ring (bicyclic) bond motifs is 1. The fourth-order valence-electron chi connectivity index (χ4n) is 2.93. The molecular weight excluding hydrogens is 332 g/mol. The summed E-state index contributed by atoms with van der Waals surface area (Å²) in [5.41, 5.74) is 1.66. The summed E-state index contributed by atoms with van der Waals surface area (Å²) in [6.45, 7) is 2.94. The summed E-state index contributed by atoms with van der Waals surface area (Å²) in [6, 6.07) is 11.5. The fourth-order valence-corrected chi connectivity index (χ4v) is 4.10. The molecule has 1 fully saturated rings. The molecule has 2 heterocycles. The third kappa shape index (κ3) is 2.83. The van der Waals surface area contributed by atoms with Crippen molar-refractivity contribution in [1.82, 2.24) is 5.32 Å². The van der Waals surface area contributed by atoms with Gasteiger partial charge < -0.3 is 10.1 Å². The summed E-state index contributed by atoms with van der Waals surface area (Å²) in [7, 11) is 0. The Morgan fingerprint density at radius 2 is 1.83 bits per heavy atom. The van der Waals surface area contributed by atoms with E-state index in [1.54, 1.807) is 4.31 Å². The number of ether oxygens (including phenoxy) is 1. The molecule has 2 aromatic carbocycles. The molecule has 126 valence electrons. The van der Waals surface area contributed by atoms with E-state index < -0.39 is 11.6 Å². The molecule has 0 aromatic heterocycles. The van der Waals surface area contributed by atoms with E-state index in [1.165, 1.54) is 30.3 Å². The third-order valence-electron chi connectivity index (χ3n) is 4.06. The molecule has 0 bridgehead atoms. The lowest BCUT2D eigenvalue weighted by Crippen LogP contribution is -2.43. The molecule has 4 rings (SSSR count). The Morgan fingerprint density at radius 3 is 2.54 bits per heavy atom. The number of halogens is 2. The van der Waals surface area contributed by atoms with Crippen LogP contribution >= 0.6 is 12.1 Å².